The Morgan fingerprint density at radius 3 is 2.04 bits per heavy atom. The van der Waals surface area contributed by atoms with E-state index in [0.717, 1.165) is 11.9 Å². The molecule has 1 heteroatoms. The molecule has 1 heterocycles. The predicted molar refractivity (Wildman–Crippen MR) is 97.8 cm³/mol. The first-order chi connectivity index (χ1) is 11.4. The number of fused-ring (bicyclic) bond motifs is 3. The lowest BCUT2D eigenvalue weighted by Gasteiger charge is -2.18. The average Bonchev–Trinajstić information content (AvgIpc) is 2.63. The van der Waals surface area contributed by atoms with Crippen LogP contribution >= 0.6 is 0 Å². The summed E-state index contributed by atoms with van der Waals surface area (Å²) in [6, 6.07) is 27.8. The molecular formula is C22H19N. The van der Waals surface area contributed by atoms with Crippen LogP contribution in [0.1, 0.15) is 30.5 Å². The molecule has 0 aliphatic rings. The molecule has 0 spiro atoms. The molecule has 0 bridgehead atoms. The third kappa shape index (κ3) is 2.39. The minimum atomic E-state index is 0.325. The smallest absolute Gasteiger partial charge is 0.0712 e. The zero-order chi connectivity index (χ0) is 15.6. The summed E-state index contributed by atoms with van der Waals surface area (Å²) in [5, 5.41) is 3.79. The van der Waals surface area contributed by atoms with Crippen molar-refractivity contribution < 1.29 is 0 Å². The van der Waals surface area contributed by atoms with E-state index >= 15 is 0 Å². The SMILES string of the molecule is CC[C@@H](c1ccccc1)c1nc2ccccc2c2ccccc12. The van der Waals surface area contributed by atoms with Gasteiger partial charge in [0.25, 0.3) is 0 Å². The van der Waals surface area contributed by atoms with E-state index in [1.807, 2.05) is 0 Å². The Hall–Kier alpha value is -2.67. The van der Waals surface area contributed by atoms with Crippen LogP contribution in [0.5, 0.6) is 0 Å². The largest absolute Gasteiger partial charge is 0.252 e. The monoisotopic (exact) mass is 297 g/mol. The van der Waals surface area contributed by atoms with Gasteiger partial charge in [-0.1, -0.05) is 79.7 Å². The highest BCUT2D eigenvalue weighted by Gasteiger charge is 2.17. The topological polar surface area (TPSA) is 12.9 Å². The van der Waals surface area contributed by atoms with Crippen LogP contribution in [-0.2, 0) is 0 Å². The van der Waals surface area contributed by atoms with Gasteiger partial charge in [-0.3, -0.25) is 4.98 Å². The fourth-order valence-electron chi connectivity index (χ4n) is 3.47. The molecule has 3 aromatic carbocycles. The number of aromatic nitrogens is 1. The van der Waals surface area contributed by atoms with E-state index in [-0.39, 0.29) is 0 Å². The lowest BCUT2D eigenvalue weighted by atomic mass is 9.89. The molecule has 0 amide bonds. The summed E-state index contributed by atoms with van der Waals surface area (Å²) in [6.45, 7) is 2.24. The zero-order valence-corrected chi connectivity index (χ0v) is 13.2. The van der Waals surface area contributed by atoms with Crippen molar-refractivity contribution in [3.8, 4) is 0 Å². The Bertz CT molecular complexity index is 957. The zero-order valence-electron chi connectivity index (χ0n) is 13.2. The fourth-order valence-corrected chi connectivity index (χ4v) is 3.47. The molecule has 4 aromatic rings. The van der Waals surface area contributed by atoms with Gasteiger partial charge in [-0.25, -0.2) is 0 Å². The molecule has 0 N–H and O–H groups in total. The maximum absolute atomic E-state index is 5.05. The molecule has 0 radical (unpaired) electrons. The summed E-state index contributed by atoms with van der Waals surface area (Å²) in [6.07, 6.45) is 1.04. The van der Waals surface area contributed by atoms with Crippen molar-refractivity contribution in [1.82, 2.24) is 4.98 Å². The normalized spacial score (nSPS) is 12.6. The van der Waals surface area contributed by atoms with E-state index in [1.54, 1.807) is 0 Å². The van der Waals surface area contributed by atoms with E-state index < -0.39 is 0 Å². The van der Waals surface area contributed by atoms with Gasteiger partial charge in [-0.2, -0.15) is 0 Å². The molecule has 23 heavy (non-hydrogen) atoms. The second-order valence-corrected chi connectivity index (χ2v) is 5.93. The second-order valence-electron chi connectivity index (χ2n) is 5.93. The maximum Gasteiger partial charge on any atom is 0.0712 e. The minimum Gasteiger partial charge on any atom is -0.252 e. The van der Waals surface area contributed by atoms with Crippen molar-refractivity contribution in [3.05, 3.63) is 90.1 Å². The van der Waals surface area contributed by atoms with E-state index in [9.17, 15) is 0 Å². The van der Waals surface area contributed by atoms with Crippen molar-refractivity contribution in [2.75, 3.05) is 0 Å². The molecule has 1 aromatic heterocycles. The second kappa shape index (κ2) is 5.85. The third-order valence-electron chi connectivity index (χ3n) is 4.58. The van der Waals surface area contributed by atoms with Gasteiger partial charge in [0.1, 0.15) is 0 Å². The Kier molecular flexibility index (Phi) is 3.55. The van der Waals surface area contributed by atoms with Crippen molar-refractivity contribution >= 4 is 21.7 Å². The van der Waals surface area contributed by atoms with Crippen molar-refractivity contribution in [1.29, 1.82) is 0 Å². The molecule has 0 saturated carbocycles. The van der Waals surface area contributed by atoms with Crippen LogP contribution in [-0.4, -0.2) is 4.98 Å². The number of para-hydroxylation sites is 1. The number of hydrogen-bond acceptors (Lipinski definition) is 1. The molecule has 0 unspecified atom stereocenters. The fraction of sp³-hybridized carbons (Fsp3) is 0.136. The van der Waals surface area contributed by atoms with Gasteiger partial charge in [-0.15, -0.1) is 0 Å². The van der Waals surface area contributed by atoms with Gasteiger partial charge in [0, 0.05) is 16.7 Å². The summed E-state index contributed by atoms with van der Waals surface area (Å²) in [4.78, 5) is 5.05. The summed E-state index contributed by atoms with van der Waals surface area (Å²) < 4.78 is 0. The number of pyridine rings is 1. The van der Waals surface area contributed by atoms with Crippen LogP contribution in [0.3, 0.4) is 0 Å². The summed E-state index contributed by atoms with van der Waals surface area (Å²) in [5.74, 6) is 0.325. The van der Waals surface area contributed by atoms with Gasteiger partial charge in [-0.05, 0) is 23.4 Å². The van der Waals surface area contributed by atoms with E-state index in [1.165, 1.54) is 27.4 Å². The molecular weight excluding hydrogens is 278 g/mol. The van der Waals surface area contributed by atoms with Crippen molar-refractivity contribution in [3.63, 3.8) is 0 Å². The lowest BCUT2D eigenvalue weighted by molar-refractivity contribution is 0.761. The maximum atomic E-state index is 5.05. The molecule has 1 nitrogen and oxygen atoms in total. The number of benzene rings is 3. The van der Waals surface area contributed by atoms with Crippen molar-refractivity contribution in [2.45, 2.75) is 19.3 Å². The Morgan fingerprint density at radius 2 is 1.30 bits per heavy atom. The number of rotatable bonds is 3. The van der Waals surface area contributed by atoms with Crippen molar-refractivity contribution in [2.24, 2.45) is 0 Å². The highest BCUT2D eigenvalue weighted by atomic mass is 14.7. The van der Waals surface area contributed by atoms with E-state index in [2.05, 4.69) is 85.8 Å². The lowest BCUT2D eigenvalue weighted by Crippen LogP contribution is -2.04. The van der Waals surface area contributed by atoms with E-state index in [4.69, 9.17) is 4.98 Å². The highest BCUT2D eigenvalue weighted by Crippen LogP contribution is 2.34. The Labute approximate surface area is 136 Å². The van der Waals surface area contributed by atoms with Crippen LogP contribution in [0.4, 0.5) is 0 Å². The number of hydrogen-bond donors (Lipinski definition) is 0. The first kappa shape index (κ1) is 14.0. The highest BCUT2D eigenvalue weighted by molar-refractivity contribution is 6.06. The van der Waals surface area contributed by atoms with Crippen LogP contribution in [0.25, 0.3) is 21.7 Å². The number of nitrogens with zero attached hydrogens (tertiary/aromatic N) is 1. The standard InChI is InChI=1S/C22H19N/c1-2-17(16-10-4-3-5-11-16)22-20-14-7-6-12-18(20)19-13-8-9-15-21(19)23-22/h3-15,17H,2H2,1H3/t17-/m0/s1. The van der Waals surface area contributed by atoms with Crippen LogP contribution < -0.4 is 0 Å². The summed E-state index contributed by atoms with van der Waals surface area (Å²) in [5.41, 5.74) is 3.60. The first-order valence-corrected chi connectivity index (χ1v) is 8.21. The summed E-state index contributed by atoms with van der Waals surface area (Å²) in [7, 11) is 0. The van der Waals surface area contributed by atoms with Crippen LogP contribution in [0.15, 0.2) is 78.9 Å². The molecule has 0 saturated heterocycles. The molecule has 1 atom stereocenters. The molecule has 112 valence electrons. The van der Waals surface area contributed by atoms with Gasteiger partial charge in [0.15, 0.2) is 0 Å². The minimum absolute atomic E-state index is 0.325. The van der Waals surface area contributed by atoms with Crippen LogP contribution in [0.2, 0.25) is 0 Å². The average molecular weight is 297 g/mol. The summed E-state index contributed by atoms with van der Waals surface area (Å²) >= 11 is 0. The quantitative estimate of drug-likeness (QED) is 0.427. The van der Waals surface area contributed by atoms with Gasteiger partial charge < -0.3 is 0 Å². The molecule has 0 aliphatic heterocycles. The van der Waals surface area contributed by atoms with Gasteiger partial charge in [0.2, 0.25) is 0 Å². The van der Waals surface area contributed by atoms with Gasteiger partial charge in [0.05, 0.1) is 11.2 Å². The Balaban J connectivity index is 2.05. The van der Waals surface area contributed by atoms with Gasteiger partial charge >= 0.3 is 0 Å². The molecule has 0 aliphatic carbocycles. The predicted octanol–water partition coefficient (Wildman–Crippen LogP) is 5.93. The molecule has 0 fully saturated rings. The van der Waals surface area contributed by atoms with Crippen LogP contribution in [0, 0.1) is 0 Å². The molecule has 4 rings (SSSR count). The third-order valence-corrected chi connectivity index (χ3v) is 4.58. The first-order valence-electron chi connectivity index (χ1n) is 8.21. The Morgan fingerprint density at radius 1 is 0.696 bits per heavy atom. The van der Waals surface area contributed by atoms with E-state index in [0.29, 0.717) is 5.92 Å².